The number of nitrogens with zero attached hydrogens (tertiary/aromatic N) is 1. The van der Waals surface area contributed by atoms with E-state index < -0.39 is 17.6 Å². The molecule has 0 aromatic heterocycles. The SMILES string of the molecule is Cc1ccc(NC(=O)c2c(C)c(N=O)c(C)c(C(=O)Nc3ccc(C)cc3)c2O)cc1. The molecule has 0 fully saturated rings. The van der Waals surface area contributed by atoms with E-state index in [1.54, 1.807) is 24.3 Å². The Bertz CT molecular complexity index is 1080. The summed E-state index contributed by atoms with van der Waals surface area (Å²) in [6, 6.07) is 14.2. The van der Waals surface area contributed by atoms with Crippen LogP contribution in [0.2, 0.25) is 0 Å². The van der Waals surface area contributed by atoms with Gasteiger partial charge in [-0.25, -0.2) is 0 Å². The average molecular weight is 417 g/mol. The molecule has 0 unspecified atom stereocenters. The average Bonchev–Trinajstić information content (AvgIpc) is 2.71. The molecule has 0 bridgehead atoms. The Labute approximate surface area is 180 Å². The van der Waals surface area contributed by atoms with E-state index in [1.807, 2.05) is 38.1 Å². The Morgan fingerprint density at radius 1 is 0.710 bits per heavy atom. The number of carbonyl (C=O) groups is 2. The van der Waals surface area contributed by atoms with Crippen LogP contribution in [0.5, 0.6) is 5.75 Å². The van der Waals surface area contributed by atoms with E-state index in [9.17, 15) is 19.6 Å². The van der Waals surface area contributed by atoms with Crippen molar-refractivity contribution in [1.29, 1.82) is 0 Å². The van der Waals surface area contributed by atoms with Crippen LogP contribution in [-0.4, -0.2) is 16.9 Å². The second-order valence-electron chi connectivity index (χ2n) is 7.43. The van der Waals surface area contributed by atoms with Gasteiger partial charge in [0.1, 0.15) is 11.4 Å². The summed E-state index contributed by atoms with van der Waals surface area (Å²) in [4.78, 5) is 37.4. The third kappa shape index (κ3) is 4.45. The van der Waals surface area contributed by atoms with Crippen molar-refractivity contribution in [3.05, 3.63) is 86.8 Å². The molecule has 0 radical (unpaired) electrons. The van der Waals surface area contributed by atoms with E-state index in [2.05, 4.69) is 15.8 Å². The predicted molar refractivity (Wildman–Crippen MR) is 121 cm³/mol. The second kappa shape index (κ2) is 8.79. The van der Waals surface area contributed by atoms with Gasteiger partial charge in [0.25, 0.3) is 11.8 Å². The largest absolute Gasteiger partial charge is 0.506 e. The Kier molecular flexibility index (Phi) is 6.15. The Morgan fingerprint density at radius 2 is 1.06 bits per heavy atom. The number of benzene rings is 3. The first-order valence-corrected chi connectivity index (χ1v) is 9.68. The van der Waals surface area contributed by atoms with Gasteiger partial charge in [0.05, 0.1) is 11.1 Å². The molecule has 0 heterocycles. The molecule has 0 atom stereocenters. The minimum Gasteiger partial charge on any atom is -0.506 e. The Hall–Kier alpha value is -4.00. The highest BCUT2D eigenvalue weighted by Crippen LogP contribution is 2.38. The molecule has 3 aromatic rings. The summed E-state index contributed by atoms with van der Waals surface area (Å²) in [6.45, 7) is 6.86. The molecular weight excluding hydrogens is 394 g/mol. The number of rotatable bonds is 5. The number of hydrogen-bond donors (Lipinski definition) is 3. The van der Waals surface area contributed by atoms with Crippen LogP contribution in [0.3, 0.4) is 0 Å². The molecule has 0 spiro atoms. The number of nitroso groups, excluding NO2 is 1. The zero-order valence-electron chi connectivity index (χ0n) is 17.7. The molecule has 0 aliphatic rings. The number of aromatic hydroxyl groups is 1. The fourth-order valence-corrected chi connectivity index (χ4v) is 3.35. The molecule has 3 rings (SSSR count). The van der Waals surface area contributed by atoms with Crippen molar-refractivity contribution < 1.29 is 14.7 Å². The van der Waals surface area contributed by atoms with E-state index >= 15 is 0 Å². The van der Waals surface area contributed by atoms with Crippen LogP contribution in [0.4, 0.5) is 17.1 Å². The van der Waals surface area contributed by atoms with Gasteiger partial charge < -0.3 is 15.7 Å². The molecule has 0 saturated carbocycles. The third-order valence-electron chi connectivity index (χ3n) is 5.10. The van der Waals surface area contributed by atoms with E-state index in [4.69, 9.17) is 0 Å². The maximum absolute atomic E-state index is 12.9. The fourth-order valence-electron chi connectivity index (χ4n) is 3.35. The standard InChI is InChI=1S/C24H23N3O4/c1-13-5-9-17(10-6-13)25-23(29)19-15(3)21(27-31)16(4)20(22(19)28)24(30)26-18-11-7-14(2)8-12-18/h5-12,28H,1-4H3,(H,25,29)(H,26,30). The van der Waals surface area contributed by atoms with Gasteiger partial charge in [0, 0.05) is 11.4 Å². The molecule has 158 valence electrons. The number of carbonyl (C=O) groups excluding carboxylic acids is 2. The molecule has 0 saturated heterocycles. The second-order valence-corrected chi connectivity index (χ2v) is 7.43. The van der Waals surface area contributed by atoms with Gasteiger partial charge in [-0.1, -0.05) is 35.4 Å². The maximum Gasteiger partial charge on any atom is 0.259 e. The summed E-state index contributed by atoms with van der Waals surface area (Å²) in [5.74, 6) is -1.79. The van der Waals surface area contributed by atoms with E-state index in [-0.39, 0.29) is 27.9 Å². The number of phenols is 1. The molecule has 0 aliphatic carbocycles. The number of amides is 2. The number of hydrogen-bond acceptors (Lipinski definition) is 5. The number of phenolic OH excluding ortho intramolecular Hbond substituents is 1. The summed E-state index contributed by atoms with van der Waals surface area (Å²) < 4.78 is 0. The van der Waals surface area contributed by atoms with Crippen molar-refractivity contribution in [2.45, 2.75) is 27.7 Å². The van der Waals surface area contributed by atoms with Gasteiger partial charge in [-0.2, -0.15) is 0 Å². The smallest absolute Gasteiger partial charge is 0.259 e. The van der Waals surface area contributed by atoms with Crippen molar-refractivity contribution in [2.24, 2.45) is 5.18 Å². The van der Waals surface area contributed by atoms with Crippen LogP contribution >= 0.6 is 0 Å². The molecule has 3 aromatic carbocycles. The summed E-state index contributed by atoms with van der Waals surface area (Å²) >= 11 is 0. The van der Waals surface area contributed by atoms with Crippen LogP contribution in [0.1, 0.15) is 43.0 Å². The van der Waals surface area contributed by atoms with Crippen molar-refractivity contribution in [1.82, 2.24) is 0 Å². The number of nitrogens with one attached hydrogen (secondary N) is 2. The van der Waals surface area contributed by atoms with Crippen LogP contribution in [0.25, 0.3) is 0 Å². The van der Waals surface area contributed by atoms with E-state index in [1.165, 1.54) is 13.8 Å². The molecule has 0 aliphatic heterocycles. The first kappa shape index (κ1) is 21.7. The number of aryl methyl sites for hydroxylation is 2. The normalized spacial score (nSPS) is 10.5. The minimum atomic E-state index is -0.645. The van der Waals surface area contributed by atoms with Crippen LogP contribution < -0.4 is 10.6 Å². The summed E-state index contributed by atoms with van der Waals surface area (Å²) in [5, 5.41) is 19.3. The van der Waals surface area contributed by atoms with Crippen LogP contribution in [-0.2, 0) is 0 Å². The summed E-state index contributed by atoms with van der Waals surface area (Å²) in [5.41, 5.74) is 3.07. The molecule has 7 nitrogen and oxygen atoms in total. The van der Waals surface area contributed by atoms with Crippen LogP contribution in [0, 0.1) is 32.6 Å². The lowest BCUT2D eigenvalue weighted by Crippen LogP contribution is -2.19. The van der Waals surface area contributed by atoms with Gasteiger partial charge >= 0.3 is 0 Å². The highest BCUT2D eigenvalue weighted by molar-refractivity contribution is 6.14. The fraction of sp³-hybridized carbons (Fsp3) is 0.167. The molecule has 31 heavy (non-hydrogen) atoms. The summed E-state index contributed by atoms with van der Waals surface area (Å²) in [7, 11) is 0. The van der Waals surface area contributed by atoms with Gasteiger partial charge in [0.15, 0.2) is 0 Å². The lowest BCUT2D eigenvalue weighted by atomic mass is 9.94. The van der Waals surface area contributed by atoms with E-state index in [0.29, 0.717) is 11.4 Å². The van der Waals surface area contributed by atoms with Gasteiger partial charge in [-0.05, 0) is 68.3 Å². The quantitative estimate of drug-likeness (QED) is 0.474. The summed E-state index contributed by atoms with van der Waals surface area (Å²) in [6.07, 6.45) is 0. The van der Waals surface area contributed by atoms with Crippen molar-refractivity contribution in [3.63, 3.8) is 0 Å². The first-order chi connectivity index (χ1) is 14.7. The van der Waals surface area contributed by atoms with E-state index in [0.717, 1.165) is 11.1 Å². The van der Waals surface area contributed by atoms with Crippen molar-refractivity contribution in [2.75, 3.05) is 10.6 Å². The van der Waals surface area contributed by atoms with Crippen molar-refractivity contribution in [3.8, 4) is 5.75 Å². The van der Waals surface area contributed by atoms with Crippen molar-refractivity contribution >= 4 is 28.9 Å². The molecule has 7 heteroatoms. The predicted octanol–water partition coefficient (Wildman–Crippen LogP) is 5.53. The molecule has 3 N–H and O–H groups in total. The lowest BCUT2D eigenvalue weighted by Gasteiger charge is -2.17. The topological polar surface area (TPSA) is 108 Å². The Balaban J connectivity index is 2.04. The monoisotopic (exact) mass is 417 g/mol. The highest BCUT2D eigenvalue weighted by atomic mass is 16.3. The van der Waals surface area contributed by atoms with Gasteiger partial charge in [-0.15, -0.1) is 4.91 Å². The van der Waals surface area contributed by atoms with Gasteiger partial charge in [-0.3, -0.25) is 9.59 Å². The zero-order valence-corrected chi connectivity index (χ0v) is 17.7. The minimum absolute atomic E-state index is 0.0547. The van der Waals surface area contributed by atoms with Gasteiger partial charge in [0.2, 0.25) is 0 Å². The molecule has 2 amide bonds. The van der Waals surface area contributed by atoms with Crippen LogP contribution in [0.15, 0.2) is 53.7 Å². The Morgan fingerprint density at radius 3 is 1.39 bits per heavy atom. The third-order valence-corrected chi connectivity index (χ3v) is 5.10. The zero-order chi connectivity index (χ0) is 22.7. The highest BCUT2D eigenvalue weighted by Gasteiger charge is 2.28. The lowest BCUT2D eigenvalue weighted by molar-refractivity contribution is 0.102. The number of anilines is 2. The molecular formula is C24H23N3O4. The first-order valence-electron chi connectivity index (χ1n) is 9.68. The maximum atomic E-state index is 12.9.